The second-order valence-electron chi connectivity index (χ2n) is 4.19. The number of carbonyl (C=O) groups excluding carboxylic acids is 1. The van der Waals surface area contributed by atoms with Gasteiger partial charge in [0, 0.05) is 32.4 Å². The number of pyridine rings is 1. The van der Waals surface area contributed by atoms with E-state index in [0.717, 1.165) is 26.2 Å². The highest BCUT2D eigenvalue weighted by Crippen LogP contribution is 2.13. The molecule has 1 saturated heterocycles. The van der Waals surface area contributed by atoms with E-state index >= 15 is 0 Å². The zero-order chi connectivity index (χ0) is 16.6. The van der Waals surface area contributed by atoms with Crippen LogP contribution in [0.4, 0.5) is 23.8 Å². The van der Waals surface area contributed by atoms with Gasteiger partial charge in [-0.2, -0.15) is 13.2 Å². The van der Waals surface area contributed by atoms with Crippen molar-refractivity contribution in [3.8, 4) is 0 Å². The number of alkyl halides is 3. The van der Waals surface area contributed by atoms with Gasteiger partial charge in [-0.05, 0) is 12.1 Å². The van der Waals surface area contributed by atoms with Crippen molar-refractivity contribution >= 4 is 17.8 Å². The fourth-order valence-electron chi connectivity index (χ4n) is 1.49. The number of hydrogen-bond donors (Lipinski definition) is 3. The molecule has 1 aromatic rings. The zero-order valence-corrected chi connectivity index (χ0v) is 11.4. The molecule has 2 amide bonds. The molecule has 3 N–H and O–H groups in total. The number of halogens is 3. The Morgan fingerprint density at radius 2 is 1.86 bits per heavy atom. The summed E-state index contributed by atoms with van der Waals surface area (Å²) in [5, 5.41) is 13.1. The average Bonchev–Trinajstić information content (AvgIpc) is 2.49. The Labute approximate surface area is 124 Å². The van der Waals surface area contributed by atoms with Crippen LogP contribution < -0.4 is 10.6 Å². The van der Waals surface area contributed by atoms with Crippen LogP contribution >= 0.6 is 0 Å². The molecule has 0 radical (unpaired) electrons. The van der Waals surface area contributed by atoms with Crippen molar-refractivity contribution in [2.24, 2.45) is 0 Å². The number of aromatic nitrogens is 1. The van der Waals surface area contributed by atoms with Gasteiger partial charge in [-0.15, -0.1) is 0 Å². The number of carboxylic acids is 1. The molecule has 0 unspecified atom stereocenters. The smallest absolute Gasteiger partial charge is 0.475 e. The lowest BCUT2D eigenvalue weighted by atomic mass is 10.4. The van der Waals surface area contributed by atoms with E-state index in [4.69, 9.17) is 9.90 Å². The lowest BCUT2D eigenvalue weighted by Crippen LogP contribution is -2.48. The molecule has 0 atom stereocenters. The first kappa shape index (κ1) is 17.7. The summed E-state index contributed by atoms with van der Waals surface area (Å²) in [7, 11) is 0. The van der Waals surface area contributed by atoms with Crippen LogP contribution in [0, 0.1) is 0 Å². The highest BCUT2D eigenvalue weighted by atomic mass is 19.4. The van der Waals surface area contributed by atoms with E-state index < -0.39 is 12.1 Å². The lowest BCUT2D eigenvalue weighted by molar-refractivity contribution is -0.192. The van der Waals surface area contributed by atoms with E-state index in [2.05, 4.69) is 15.6 Å². The summed E-state index contributed by atoms with van der Waals surface area (Å²) >= 11 is 0. The van der Waals surface area contributed by atoms with Gasteiger partial charge in [-0.3, -0.25) is 5.32 Å². The average molecular weight is 320 g/mol. The number of carboxylic acid groups (broad SMARTS) is 1. The van der Waals surface area contributed by atoms with E-state index in [-0.39, 0.29) is 6.03 Å². The van der Waals surface area contributed by atoms with Crippen LogP contribution in [0.1, 0.15) is 0 Å². The number of carbonyl (C=O) groups is 2. The van der Waals surface area contributed by atoms with E-state index in [0.29, 0.717) is 5.82 Å². The molecule has 2 heterocycles. The summed E-state index contributed by atoms with van der Waals surface area (Å²) in [4.78, 5) is 26.4. The number of rotatable bonds is 1. The van der Waals surface area contributed by atoms with Crippen LogP contribution in [0.15, 0.2) is 24.4 Å². The number of amides is 2. The third-order valence-corrected chi connectivity index (χ3v) is 2.55. The second kappa shape index (κ2) is 8.17. The molecular formula is C12H15F3N4O3. The summed E-state index contributed by atoms with van der Waals surface area (Å²) in [5.41, 5.74) is 0. The van der Waals surface area contributed by atoms with Gasteiger partial charge >= 0.3 is 18.2 Å². The maximum atomic E-state index is 11.7. The van der Waals surface area contributed by atoms with Gasteiger partial charge in [0.25, 0.3) is 0 Å². The maximum absolute atomic E-state index is 11.7. The third kappa shape index (κ3) is 6.39. The van der Waals surface area contributed by atoms with Crippen LogP contribution in [0.3, 0.4) is 0 Å². The molecule has 0 aliphatic carbocycles. The number of nitrogens with zero attached hydrogens (tertiary/aromatic N) is 2. The quantitative estimate of drug-likeness (QED) is 0.722. The van der Waals surface area contributed by atoms with Crippen LogP contribution in [0.2, 0.25) is 0 Å². The fraction of sp³-hybridized carbons (Fsp3) is 0.417. The Morgan fingerprint density at radius 1 is 1.27 bits per heavy atom. The van der Waals surface area contributed by atoms with Crippen molar-refractivity contribution in [2.75, 3.05) is 31.5 Å². The Hall–Kier alpha value is -2.36. The number of anilines is 1. The number of piperazine rings is 1. The van der Waals surface area contributed by atoms with Gasteiger partial charge in [-0.1, -0.05) is 6.07 Å². The summed E-state index contributed by atoms with van der Waals surface area (Å²) in [6.45, 7) is 3.21. The topological polar surface area (TPSA) is 94.6 Å². The molecule has 0 saturated carbocycles. The minimum absolute atomic E-state index is 0.0739. The monoisotopic (exact) mass is 320 g/mol. The van der Waals surface area contributed by atoms with Crippen molar-refractivity contribution in [1.82, 2.24) is 15.2 Å². The van der Waals surface area contributed by atoms with E-state index in [1.54, 1.807) is 17.2 Å². The Bertz CT molecular complexity index is 490. The summed E-state index contributed by atoms with van der Waals surface area (Å²) in [6.07, 6.45) is -3.42. The van der Waals surface area contributed by atoms with Crippen LogP contribution in [0.5, 0.6) is 0 Å². The molecule has 1 aromatic heterocycles. The molecule has 0 bridgehead atoms. The van der Waals surface area contributed by atoms with Gasteiger partial charge in [0.15, 0.2) is 0 Å². The largest absolute Gasteiger partial charge is 0.490 e. The van der Waals surface area contributed by atoms with Gasteiger partial charge in [0.2, 0.25) is 0 Å². The van der Waals surface area contributed by atoms with Crippen molar-refractivity contribution in [3.63, 3.8) is 0 Å². The molecule has 10 heteroatoms. The van der Waals surface area contributed by atoms with Crippen LogP contribution in [0.25, 0.3) is 0 Å². The van der Waals surface area contributed by atoms with Crippen LogP contribution in [-0.4, -0.2) is 59.3 Å². The predicted molar refractivity (Wildman–Crippen MR) is 71.4 cm³/mol. The minimum Gasteiger partial charge on any atom is -0.475 e. The van der Waals surface area contributed by atoms with E-state index in [9.17, 15) is 18.0 Å². The highest BCUT2D eigenvalue weighted by Gasteiger charge is 2.38. The summed E-state index contributed by atoms with van der Waals surface area (Å²) in [6, 6.07) is 5.37. The minimum atomic E-state index is -5.08. The molecule has 122 valence electrons. The SMILES string of the molecule is O=C(Nc1ccccn1)N1CCNCC1.O=C(O)C(F)(F)F. The number of nitrogens with one attached hydrogen (secondary N) is 2. The van der Waals surface area contributed by atoms with E-state index in [1.807, 2.05) is 12.1 Å². The summed E-state index contributed by atoms with van der Waals surface area (Å²) in [5.74, 6) is -2.16. The fourth-order valence-corrected chi connectivity index (χ4v) is 1.49. The summed E-state index contributed by atoms with van der Waals surface area (Å²) < 4.78 is 31.7. The molecule has 22 heavy (non-hydrogen) atoms. The Kier molecular flexibility index (Phi) is 6.57. The van der Waals surface area contributed by atoms with Crippen molar-refractivity contribution < 1.29 is 27.9 Å². The highest BCUT2D eigenvalue weighted by molar-refractivity contribution is 5.88. The van der Waals surface area contributed by atoms with Crippen molar-refractivity contribution in [3.05, 3.63) is 24.4 Å². The lowest BCUT2D eigenvalue weighted by Gasteiger charge is -2.27. The van der Waals surface area contributed by atoms with E-state index in [1.165, 1.54) is 0 Å². The first-order valence-electron chi connectivity index (χ1n) is 6.28. The molecule has 2 rings (SSSR count). The zero-order valence-electron chi connectivity index (χ0n) is 11.4. The van der Waals surface area contributed by atoms with Gasteiger partial charge in [0.05, 0.1) is 0 Å². The standard InChI is InChI=1S/C10H14N4O.C2HF3O2/c15-10(14-7-5-11-6-8-14)13-9-3-1-2-4-12-9;3-2(4,5)1(6)7/h1-4,11H,5-8H2,(H,12,13,15);(H,6,7). The van der Waals surface area contributed by atoms with Crippen LogP contribution in [-0.2, 0) is 4.79 Å². The number of aliphatic carboxylic acids is 1. The van der Waals surface area contributed by atoms with Gasteiger partial charge in [0.1, 0.15) is 5.82 Å². The molecule has 1 aliphatic heterocycles. The second-order valence-corrected chi connectivity index (χ2v) is 4.19. The molecule has 7 nitrogen and oxygen atoms in total. The Morgan fingerprint density at radius 3 is 2.32 bits per heavy atom. The molecule has 0 aromatic carbocycles. The Balaban J connectivity index is 0.000000295. The normalized spacial score (nSPS) is 14.6. The predicted octanol–water partition coefficient (Wildman–Crippen LogP) is 1.15. The van der Waals surface area contributed by atoms with Gasteiger partial charge in [-0.25, -0.2) is 14.6 Å². The van der Waals surface area contributed by atoms with Crippen molar-refractivity contribution in [1.29, 1.82) is 0 Å². The maximum Gasteiger partial charge on any atom is 0.490 e. The molecular weight excluding hydrogens is 305 g/mol. The first-order valence-corrected chi connectivity index (χ1v) is 6.28. The van der Waals surface area contributed by atoms with Crippen molar-refractivity contribution in [2.45, 2.75) is 6.18 Å². The molecule has 0 spiro atoms. The number of urea groups is 1. The molecule has 1 aliphatic rings. The molecule has 1 fully saturated rings. The third-order valence-electron chi connectivity index (χ3n) is 2.55. The number of hydrogen-bond acceptors (Lipinski definition) is 4. The first-order chi connectivity index (χ1) is 10.3. The van der Waals surface area contributed by atoms with Gasteiger partial charge < -0.3 is 15.3 Å².